The van der Waals surface area contributed by atoms with Gasteiger partial charge in [-0.15, -0.1) is 0 Å². The minimum Gasteiger partial charge on any atom is -0.370 e. The van der Waals surface area contributed by atoms with Crippen molar-refractivity contribution < 1.29 is 13.2 Å². The molecule has 7 heteroatoms. The maximum absolute atomic E-state index is 12.0. The van der Waals surface area contributed by atoms with E-state index in [1.807, 2.05) is 6.07 Å². The molecule has 0 heterocycles. The van der Waals surface area contributed by atoms with Crippen molar-refractivity contribution in [2.45, 2.75) is 11.3 Å². The highest BCUT2D eigenvalue weighted by molar-refractivity contribution is 7.91. The van der Waals surface area contributed by atoms with Crippen molar-refractivity contribution in [3.63, 3.8) is 0 Å². The van der Waals surface area contributed by atoms with Crippen LogP contribution in [0.5, 0.6) is 0 Å². The number of amides is 1. The van der Waals surface area contributed by atoms with E-state index in [4.69, 9.17) is 11.0 Å². The summed E-state index contributed by atoms with van der Waals surface area (Å²) >= 11 is 0. The van der Waals surface area contributed by atoms with E-state index in [1.165, 1.54) is 18.2 Å². The van der Waals surface area contributed by atoms with Gasteiger partial charge in [0.15, 0.2) is 9.84 Å². The topological polar surface area (TPSA) is 113 Å². The Labute approximate surface area is 112 Å². The van der Waals surface area contributed by atoms with Crippen LogP contribution in [0.2, 0.25) is 0 Å². The van der Waals surface area contributed by atoms with Crippen molar-refractivity contribution in [1.29, 1.82) is 5.26 Å². The van der Waals surface area contributed by atoms with Crippen molar-refractivity contribution in [2.75, 3.05) is 18.8 Å². The molecule has 0 spiro atoms. The molecule has 0 aliphatic carbocycles. The number of benzene rings is 1. The van der Waals surface area contributed by atoms with Gasteiger partial charge in [0, 0.05) is 19.5 Å². The molecule has 1 rings (SSSR count). The molecule has 0 radical (unpaired) electrons. The molecule has 0 aliphatic rings. The zero-order chi connectivity index (χ0) is 14.3. The maximum Gasteiger partial charge on any atom is 0.218 e. The number of hydrogen-bond acceptors (Lipinski definition) is 5. The lowest BCUT2D eigenvalue weighted by Crippen LogP contribution is -2.27. The van der Waals surface area contributed by atoms with E-state index in [0.717, 1.165) is 0 Å². The fraction of sp³-hybridized carbons (Fsp3) is 0.333. The third kappa shape index (κ3) is 5.07. The van der Waals surface area contributed by atoms with Gasteiger partial charge in [-0.1, -0.05) is 6.07 Å². The maximum atomic E-state index is 12.0. The SMILES string of the molecule is N#Cc1cccc(S(=O)(=O)CCNCCC(N)=O)c1. The van der Waals surface area contributed by atoms with Crippen LogP contribution in [0.4, 0.5) is 0 Å². The summed E-state index contributed by atoms with van der Waals surface area (Å²) in [6.45, 7) is 0.579. The average Bonchev–Trinajstić information content (AvgIpc) is 2.38. The molecule has 102 valence electrons. The zero-order valence-electron chi connectivity index (χ0n) is 10.3. The normalized spacial score (nSPS) is 10.9. The van der Waals surface area contributed by atoms with Crippen LogP contribution in [0, 0.1) is 11.3 Å². The van der Waals surface area contributed by atoms with Crippen LogP contribution < -0.4 is 11.1 Å². The first-order valence-electron chi connectivity index (χ1n) is 5.67. The Morgan fingerprint density at radius 2 is 2.11 bits per heavy atom. The van der Waals surface area contributed by atoms with Crippen LogP contribution in [0.25, 0.3) is 0 Å². The Morgan fingerprint density at radius 3 is 2.74 bits per heavy atom. The smallest absolute Gasteiger partial charge is 0.218 e. The lowest BCUT2D eigenvalue weighted by Gasteiger charge is -2.06. The van der Waals surface area contributed by atoms with Gasteiger partial charge in [0.05, 0.1) is 22.3 Å². The number of nitriles is 1. The van der Waals surface area contributed by atoms with E-state index in [1.54, 1.807) is 6.07 Å². The Balaban J connectivity index is 2.56. The minimum atomic E-state index is -3.42. The Kier molecular flexibility index (Phi) is 5.48. The largest absolute Gasteiger partial charge is 0.370 e. The fourth-order valence-corrected chi connectivity index (χ4v) is 2.66. The molecule has 0 aliphatic heterocycles. The van der Waals surface area contributed by atoms with Crippen molar-refractivity contribution >= 4 is 15.7 Å². The summed E-state index contributed by atoms with van der Waals surface area (Å²) in [5, 5.41) is 11.6. The Morgan fingerprint density at radius 1 is 1.37 bits per heavy atom. The minimum absolute atomic E-state index is 0.0966. The first-order valence-corrected chi connectivity index (χ1v) is 7.33. The quantitative estimate of drug-likeness (QED) is 0.672. The molecule has 19 heavy (non-hydrogen) atoms. The van der Waals surface area contributed by atoms with Crippen molar-refractivity contribution in [1.82, 2.24) is 5.32 Å². The number of nitrogens with zero attached hydrogens (tertiary/aromatic N) is 1. The number of sulfone groups is 1. The van der Waals surface area contributed by atoms with E-state index in [9.17, 15) is 13.2 Å². The number of carbonyl (C=O) groups excluding carboxylic acids is 1. The van der Waals surface area contributed by atoms with Gasteiger partial charge in [0.1, 0.15) is 0 Å². The van der Waals surface area contributed by atoms with Crippen LogP contribution >= 0.6 is 0 Å². The van der Waals surface area contributed by atoms with Gasteiger partial charge in [-0.05, 0) is 18.2 Å². The van der Waals surface area contributed by atoms with E-state index in [0.29, 0.717) is 12.1 Å². The first-order chi connectivity index (χ1) is 8.95. The summed E-state index contributed by atoms with van der Waals surface area (Å²) in [5.74, 6) is -0.530. The van der Waals surface area contributed by atoms with Crippen LogP contribution in [-0.4, -0.2) is 33.2 Å². The molecular weight excluding hydrogens is 266 g/mol. The molecule has 0 bridgehead atoms. The number of nitrogens with two attached hydrogens (primary N) is 1. The molecule has 1 aromatic carbocycles. The molecule has 1 aromatic rings. The molecular formula is C12H15N3O3S. The second-order valence-electron chi connectivity index (χ2n) is 3.92. The standard InChI is InChI=1S/C12H15N3O3S/c13-9-10-2-1-3-11(8-10)19(17,18)7-6-15-5-4-12(14)16/h1-3,8,15H,4-7H2,(H2,14,16). The van der Waals surface area contributed by atoms with Crippen LogP contribution in [0.15, 0.2) is 29.2 Å². The summed E-state index contributed by atoms with van der Waals surface area (Å²) in [7, 11) is -3.42. The highest BCUT2D eigenvalue weighted by atomic mass is 32.2. The van der Waals surface area contributed by atoms with Gasteiger partial charge in [-0.3, -0.25) is 4.79 Å². The predicted molar refractivity (Wildman–Crippen MR) is 69.9 cm³/mol. The van der Waals surface area contributed by atoms with E-state index in [2.05, 4.69) is 5.32 Å². The second-order valence-corrected chi connectivity index (χ2v) is 6.03. The highest BCUT2D eigenvalue weighted by Gasteiger charge is 2.14. The van der Waals surface area contributed by atoms with Gasteiger partial charge in [0.25, 0.3) is 0 Å². The molecule has 1 amide bonds. The number of hydrogen-bond donors (Lipinski definition) is 2. The summed E-state index contributed by atoms with van der Waals surface area (Å²) in [6.07, 6.45) is 0.171. The van der Waals surface area contributed by atoms with Crippen molar-refractivity contribution in [2.24, 2.45) is 5.73 Å². The summed E-state index contributed by atoms with van der Waals surface area (Å²) in [4.78, 5) is 10.6. The fourth-order valence-electron chi connectivity index (χ4n) is 1.42. The van der Waals surface area contributed by atoms with Crippen molar-refractivity contribution in [3.8, 4) is 6.07 Å². The van der Waals surface area contributed by atoms with Crippen LogP contribution in [-0.2, 0) is 14.6 Å². The third-order valence-corrected chi connectivity index (χ3v) is 4.13. The number of rotatable bonds is 7. The first kappa shape index (κ1) is 15.1. The molecule has 3 N–H and O–H groups in total. The molecule has 0 fully saturated rings. The number of primary amides is 1. The van der Waals surface area contributed by atoms with Gasteiger partial charge in [-0.2, -0.15) is 5.26 Å². The van der Waals surface area contributed by atoms with E-state index >= 15 is 0 Å². The monoisotopic (exact) mass is 281 g/mol. The summed E-state index contributed by atoms with van der Waals surface area (Å²) < 4.78 is 23.9. The molecule has 0 saturated carbocycles. The lowest BCUT2D eigenvalue weighted by molar-refractivity contribution is -0.117. The lowest BCUT2D eigenvalue weighted by atomic mass is 10.2. The Hall–Kier alpha value is -1.91. The van der Waals surface area contributed by atoms with Crippen molar-refractivity contribution in [3.05, 3.63) is 29.8 Å². The molecule has 6 nitrogen and oxygen atoms in total. The van der Waals surface area contributed by atoms with Crippen LogP contribution in [0.3, 0.4) is 0 Å². The predicted octanol–water partition coefficient (Wildman–Crippen LogP) is -0.203. The van der Waals surface area contributed by atoms with Crippen LogP contribution in [0.1, 0.15) is 12.0 Å². The third-order valence-electron chi connectivity index (χ3n) is 2.42. The zero-order valence-corrected chi connectivity index (χ0v) is 11.1. The Bertz CT molecular complexity index is 590. The van der Waals surface area contributed by atoms with Gasteiger partial charge in [-0.25, -0.2) is 8.42 Å². The van der Waals surface area contributed by atoms with Gasteiger partial charge < -0.3 is 11.1 Å². The average molecular weight is 281 g/mol. The summed E-state index contributed by atoms with van der Waals surface area (Å²) in [6, 6.07) is 7.78. The van der Waals surface area contributed by atoms with Gasteiger partial charge >= 0.3 is 0 Å². The van der Waals surface area contributed by atoms with Gasteiger partial charge in [0.2, 0.25) is 5.91 Å². The molecule has 0 saturated heterocycles. The summed E-state index contributed by atoms with van der Waals surface area (Å²) in [5.41, 5.74) is 5.26. The van der Waals surface area contributed by atoms with E-state index < -0.39 is 15.7 Å². The number of nitrogens with one attached hydrogen (secondary N) is 1. The molecule has 0 unspecified atom stereocenters. The molecule has 0 aromatic heterocycles. The second kappa shape index (κ2) is 6.87. The highest BCUT2D eigenvalue weighted by Crippen LogP contribution is 2.12. The molecule has 0 atom stereocenters. The van der Waals surface area contributed by atoms with E-state index in [-0.39, 0.29) is 23.6 Å². The number of carbonyl (C=O) groups is 1.